The summed E-state index contributed by atoms with van der Waals surface area (Å²) in [6, 6.07) is 12.2. The summed E-state index contributed by atoms with van der Waals surface area (Å²) in [4.78, 5) is 25.0. The molecule has 6 heteroatoms. The molecule has 0 spiro atoms. The predicted octanol–water partition coefficient (Wildman–Crippen LogP) is 4.15. The van der Waals surface area contributed by atoms with E-state index in [1.54, 1.807) is 6.20 Å². The third-order valence-corrected chi connectivity index (χ3v) is 4.83. The number of rotatable bonds is 5. The number of nitrogens with one attached hydrogen (secondary N) is 2. The van der Waals surface area contributed by atoms with Gasteiger partial charge < -0.3 is 9.72 Å². The second-order valence-electron chi connectivity index (χ2n) is 6.64. The highest BCUT2D eigenvalue weighted by Gasteiger charge is 2.17. The van der Waals surface area contributed by atoms with Crippen LogP contribution in [0.3, 0.4) is 0 Å². The molecule has 0 saturated carbocycles. The van der Waals surface area contributed by atoms with Gasteiger partial charge in [-0.2, -0.15) is 0 Å². The highest BCUT2D eigenvalue weighted by molar-refractivity contribution is 6.05. The van der Waals surface area contributed by atoms with Gasteiger partial charge in [-0.3, -0.25) is 9.63 Å². The summed E-state index contributed by atoms with van der Waals surface area (Å²) in [6.07, 6.45) is 5.28. The van der Waals surface area contributed by atoms with Crippen LogP contribution in [-0.4, -0.2) is 29.1 Å². The van der Waals surface area contributed by atoms with Crippen LogP contribution in [0.1, 0.15) is 48.2 Å². The van der Waals surface area contributed by atoms with Gasteiger partial charge in [0.15, 0.2) is 0 Å². The Balaban J connectivity index is 1.60. The quantitative estimate of drug-likeness (QED) is 0.666. The minimum absolute atomic E-state index is 0.196. The summed E-state index contributed by atoms with van der Waals surface area (Å²) in [5, 5.41) is 0. The Labute approximate surface area is 157 Å². The molecular formula is C21H23N3O3. The molecule has 3 heterocycles. The normalized spacial score (nSPS) is 17.1. The molecule has 1 aliphatic heterocycles. The molecule has 1 atom stereocenters. The third-order valence-electron chi connectivity index (χ3n) is 4.83. The molecule has 1 amide bonds. The first-order valence-electron chi connectivity index (χ1n) is 9.38. The van der Waals surface area contributed by atoms with E-state index in [4.69, 9.17) is 14.6 Å². The van der Waals surface area contributed by atoms with Gasteiger partial charge in [0.25, 0.3) is 5.91 Å². The van der Waals surface area contributed by atoms with Crippen LogP contribution in [0, 0.1) is 0 Å². The SMILES string of the molecule is CCONC(=O)c1c[nH]c2ccc(-c3ccc(C4CCCCO4)cc3)nc12. The Hall–Kier alpha value is -2.70. The van der Waals surface area contributed by atoms with Crippen molar-refractivity contribution in [3.05, 3.63) is 53.7 Å². The zero-order valence-electron chi connectivity index (χ0n) is 15.3. The molecule has 1 unspecified atom stereocenters. The number of carbonyl (C=O) groups excluding carboxylic acids is 1. The van der Waals surface area contributed by atoms with Gasteiger partial charge in [0.1, 0.15) is 5.52 Å². The van der Waals surface area contributed by atoms with Gasteiger partial charge in [-0.15, -0.1) is 0 Å². The van der Waals surface area contributed by atoms with E-state index < -0.39 is 0 Å². The van der Waals surface area contributed by atoms with Crippen molar-refractivity contribution in [3.63, 3.8) is 0 Å². The van der Waals surface area contributed by atoms with Crippen molar-refractivity contribution >= 4 is 16.9 Å². The number of hydrogen-bond acceptors (Lipinski definition) is 4. The number of ether oxygens (including phenoxy) is 1. The van der Waals surface area contributed by atoms with E-state index in [0.29, 0.717) is 17.7 Å². The second-order valence-corrected chi connectivity index (χ2v) is 6.64. The molecule has 0 radical (unpaired) electrons. The van der Waals surface area contributed by atoms with Gasteiger partial charge in [0, 0.05) is 18.4 Å². The van der Waals surface area contributed by atoms with Crippen molar-refractivity contribution in [1.82, 2.24) is 15.4 Å². The number of amides is 1. The van der Waals surface area contributed by atoms with E-state index in [2.05, 4.69) is 34.7 Å². The second kappa shape index (κ2) is 7.90. The molecule has 0 aliphatic carbocycles. The predicted molar refractivity (Wildman–Crippen MR) is 103 cm³/mol. The van der Waals surface area contributed by atoms with Gasteiger partial charge in [-0.05, 0) is 43.9 Å². The van der Waals surface area contributed by atoms with Crippen LogP contribution in [0.2, 0.25) is 0 Å². The lowest BCUT2D eigenvalue weighted by molar-refractivity contribution is 0.0149. The molecule has 1 fully saturated rings. The number of nitrogens with zero attached hydrogens (tertiary/aromatic N) is 1. The molecule has 1 aliphatic rings. The maximum Gasteiger partial charge on any atom is 0.278 e. The lowest BCUT2D eigenvalue weighted by Gasteiger charge is -2.23. The van der Waals surface area contributed by atoms with Gasteiger partial charge >= 0.3 is 0 Å². The number of hydrogen-bond donors (Lipinski definition) is 2. The molecule has 0 bridgehead atoms. The molecule has 2 N–H and O–H groups in total. The summed E-state index contributed by atoms with van der Waals surface area (Å²) in [6.45, 7) is 3.06. The van der Waals surface area contributed by atoms with Crippen molar-refractivity contribution in [3.8, 4) is 11.3 Å². The Morgan fingerprint density at radius 2 is 2.11 bits per heavy atom. The lowest BCUT2D eigenvalue weighted by Crippen LogP contribution is -2.23. The Morgan fingerprint density at radius 1 is 1.26 bits per heavy atom. The molecule has 1 aromatic carbocycles. The molecular weight excluding hydrogens is 342 g/mol. The van der Waals surface area contributed by atoms with Crippen LogP contribution in [0.4, 0.5) is 0 Å². The molecule has 1 saturated heterocycles. The summed E-state index contributed by atoms with van der Waals surface area (Å²) < 4.78 is 5.86. The van der Waals surface area contributed by atoms with Gasteiger partial charge in [-0.1, -0.05) is 24.3 Å². The number of fused-ring (bicyclic) bond motifs is 1. The van der Waals surface area contributed by atoms with Crippen molar-refractivity contribution < 1.29 is 14.4 Å². The number of pyridine rings is 1. The Bertz CT molecular complexity index is 927. The van der Waals surface area contributed by atoms with Gasteiger partial charge in [-0.25, -0.2) is 10.5 Å². The first-order chi connectivity index (χ1) is 13.3. The molecule has 6 nitrogen and oxygen atoms in total. The number of carbonyl (C=O) groups is 1. The average Bonchev–Trinajstić information content (AvgIpc) is 3.16. The Morgan fingerprint density at radius 3 is 2.85 bits per heavy atom. The first-order valence-corrected chi connectivity index (χ1v) is 9.38. The smallest absolute Gasteiger partial charge is 0.278 e. The van der Waals surface area contributed by atoms with Crippen LogP contribution in [0.25, 0.3) is 22.3 Å². The van der Waals surface area contributed by atoms with E-state index >= 15 is 0 Å². The van der Waals surface area contributed by atoms with Crippen LogP contribution in [-0.2, 0) is 9.57 Å². The standard InChI is InChI=1S/C21H23N3O3/c1-2-27-24-21(25)16-13-22-18-11-10-17(23-20(16)18)14-6-8-15(9-7-14)19-5-3-4-12-26-19/h6-11,13,19,22H,2-5,12H2,1H3,(H,24,25). The maximum absolute atomic E-state index is 12.2. The molecule has 2 aromatic heterocycles. The van der Waals surface area contributed by atoms with Gasteiger partial charge in [0.2, 0.25) is 0 Å². The van der Waals surface area contributed by atoms with Crippen molar-refractivity contribution in [1.29, 1.82) is 0 Å². The average molecular weight is 365 g/mol. The van der Waals surface area contributed by atoms with Crippen LogP contribution in [0.15, 0.2) is 42.6 Å². The fourth-order valence-electron chi connectivity index (χ4n) is 3.40. The number of benzene rings is 1. The minimum atomic E-state index is -0.308. The van der Waals surface area contributed by atoms with E-state index in [1.807, 2.05) is 19.1 Å². The van der Waals surface area contributed by atoms with Crippen molar-refractivity contribution in [2.24, 2.45) is 0 Å². The summed E-state index contributed by atoms with van der Waals surface area (Å²) in [7, 11) is 0. The molecule has 140 valence electrons. The molecule has 27 heavy (non-hydrogen) atoms. The number of aromatic amines is 1. The zero-order chi connectivity index (χ0) is 18.6. The summed E-state index contributed by atoms with van der Waals surface area (Å²) >= 11 is 0. The van der Waals surface area contributed by atoms with Gasteiger partial charge in [0.05, 0.1) is 29.5 Å². The van der Waals surface area contributed by atoms with Crippen molar-refractivity contribution in [2.75, 3.05) is 13.2 Å². The number of hydroxylamine groups is 1. The lowest BCUT2D eigenvalue weighted by atomic mass is 9.99. The van der Waals surface area contributed by atoms with Crippen LogP contribution < -0.4 is 5.48 Å². The monoisotopic (exact) mass is 365 g/mol. The van der Waals surface area contributed by atoms with Crippen LogP contribution >= 0.6 is 0 Å². The summed E-state index contributed by atoms with van der Waals surface area (Å²) in [5.41, 5.74) is 7.36. The fourth-order valence-corrected chi connectivity index (χ4v) is 3.40. The maximum atomic E-state index is 12.2. The highest BCUT2D eigenvalue weighted by Crippen LogP contribution is 2.30. The number of H-pyrrole nitrogens is 1. The highest BCUT2D eigenvalue weighted by atomic mass is 16.6. The van der Waals surface area contributed by atoms with E-state index in [9.17, 15) is 4.79 Å². The fraction of sp³-hybridized carbons (Fsp3) is 0.333. The molecule has 4 rings (SSSR count). The third kappa shape index (κ3) is 3.72. The van der Waals surface area contributed by atoms with E-state index in [-0.39, 0.29) is 12.0 Å². The zero-order valence-corrected chi connectivity index (χ0v) is 15.3. The minimum Gasteiger partial charge on any atom is -0.374 e. The first kappa shape index (κ1) is 17.7. The molecule has 3 aromatic rings. The van der Waals surface area contributed by atoms with Crippen LogP contribution in [0.5, 0.6) is 0 Å². The van der Waals surface area contributed by atoms with E-state index in [1.165, 1.54) is 12.0 Å². The van der Waals surface area contributed by atoms with E-state index in [0.717, 1.165) is 36.2 Å². The summed E-state index contributed by atoms with van der Waals surface area (Å²) in [5.74, 6) is -0.308. The van der Waals surface area contributed by atoms with Crippen molar-refractivity contribution in [2.45, 2.75) is 32.3 Å². The largest absolute Gasteiger partial charge is 0.374 e. The Kier molecular flexibility index (Phi) is 5.18. The number of aromatic nitrogens is 2. The topological polar surface area (TPSA) is 76.2 Å².